The van der Waals surface area contributed by atoms with Crippen LogP contribution in [0.3, 0.4) is 0 Å². The average molecular weight is 656 g/mol. The van der Waals surface area contributed by atoms with Gasteiger partial charge in [0.1, 0.15) is 27.3 Å². The molecule has 10 nitrogen and oxygen atoms in total. The molecule has 2 bridgehead atoms. The van der Waals surface area contributed by atoms with E-state index in [0.717, 1.165) is 24.0 Å². The molecule has 242 valence electrons. The van der Waals surface area contributed by atoms with E-state index in [9.17, 15) is 19.5 Å². The number of benzene rings is 1. The van der Waals surface area contributed by atoms with Gasteiger partial charge in [0, 0.05) is 23.7 Å². The number of carboxylic acid groups (broad SMARTS) is 1. The Labute approximate surface area is 273 Å². The average Bonchev–Trinajstić information content (AvgIpc) is 3.79. The number of carbonyl (C=O) groups is 3. The first-order valence-electron chi connectivity index (χ1n) is 15.4. The highest BCUT2D eigenvalue weighted by Crippen LogP contribution is 2.49. The van der Waals surface area contributed by atoms with E-state index in [1.54, 1.807) is 26.4 Å². The molecule has 0 spiro atoms. The van der Waals surface area contributed by atoms with Crippen molar-refractivity contribution < 1.29 is 33.4 Å². The van der Waals surface area contributed by atoms with Crippen LogP contribution in [0.2, 0.25) is 0 Å². The van der Waals surface area contributed by atoms with Crippen molar-refractivity contribution in [3.63, 3.8) is 0 Å². The third kappa shape index (κ3) is 7.39. The van der Waals surface area contributed by atoms with Crippen LogP contribution >= 0.6 is 24.0 Å². The Morgan fingerprint density at radius 2 is 1.93 bits per heavy atom. The van der Waals surface area contributed by atoms with E-state index in [0.29, 0.717) is 76.2 Å². The summed E-state index contributed by atoms with van der Waals surface area (Å²) in [7, 11) is 3.17. The number of fused-ring (bicyclic) bond motifs is 2. The van der Waals surface area contributed by atoms with Gasteiger partial charge in [-0.1, -0.05) is 44.2 Å². The van der Waals surface area contributed by atoms with Crippen molar-refractivity contribution in [3.8, 4) is 22.8 Å². The number of nitrogens with one attached hydrogen (secondary N) is 2. The maximum atomic E-state index is 13.7. The van der Waals surface area contributed by atoms with Crippen LogP contribution < -0.4 is 20.1 Å². The lowest BCUT2D eigenvalue weighted by molar-refractivity contribution is -0.124. The van der Waals surface area contributed by atoms with Gasteiger partial charge in [-0.2, -0.15) is 0 Å². The molecule has 2 amide bonds. The summed E-state index contributed by atoms with van der Waals surface area (Å²) in [4.78, 5) is 39.5. The SMILES string of the molecule is COc1cc(OC)cc(-c2cc(CCCN[C@@](C=O)(CC(C)C)NC(=O)O)c(/C=C3\SC(=S)N(C4CC5CCC4C5)C3=O)o2)c1. The second-order valence-electron chi connectivity index (χ2n) is 12.5. The van der Waals surface area contributed by atoms with Gasteiger partial charge in [-0.15, -0.1) is 0 Å². The molecule has 4 atom stereocenters. The van der Waals surface area contributed by atoms with E-state index in [2.05, 4.69) is 10.6 Å². The van der Waals surface area contributed by atoms with Gasteiger partial charge in [0.2, 0.25) is 0 Å². The van der Waals surface area contributed by atoms with Crippen molar-refractivity contribution in [2.24, 2.45) is 17.8 Å². The second-order valence-corrected chi connectivity index (χ2v) is 14.2. The van der Waals surface area contributed by atoms with Gasteiger partial charge in [-0.25, -0.2) is 4.79 Å². The topological polar surface area (TPSA) is 130 Å². The first kappa shape index (κ1) is 33.0. The minimum absolute atomic E-state index is 0.0691. The number of thioether (sulfide) groups is 1. The molecule has 3 unspecified atom stereocenters. The number of furan rings is 1. The van der Waals surface area contributed by atoms with E-state index in [4.69, 9.17) is 26.1 Å². The smallest absolute Gasteiger partial charge is 0.406 e. The summed E-state index contributed by atoms with van der Waals surface area (Å²) in [5, 5.41) is 14.8. The summed E-state index contributed by atoms with van der Waals surface area (Å²) in [5.41, 5.74) is 0.239. The number of methoxy groups -OCH3 is 2. The molecule has 5 rings (SSSR count). The van der Waals surface area contributed by atoms with Crippen LogP contribution in [-0.2, 0) is 16.0 Å². The van der Waals surface area contributed by atoms with Crippen LogP contribution in [0.25, 0.3) is 17.4 Å². The predicted octanol–water partition coefficient (Wildman–Crippen LogP) is 6.08. The number of amides is 2. The molecule has 1 aromatic heterocycles. The second kappa shape index (κ2) is 14.0. The number of carbonyl (C=O) groups excluding carboxylic acids is 2. The molecule has 0 radical (unpaired) electrons. The number of thiocarbonyl (C=S) groups is 1. The number of hydrogen-bond acceptors (Lipinski definition) is 9. The molecular formula is C33H41N3O7S2. The molecule has 1 aromatic carbocycles. The lowest BCUT2D eigenvalue weighted by Crippen LogP contribution is -2.60. The molecule has 2 aromatic rings. The Morgan fingerprint density at radius 3 is 2.51 bits per heavy atom. The summed E-state index contributed by atoms with van der Waals surface area (Å²) in [6.07, 6.45) is 7.15. The standard InChI is InChI=1S/C33H41N3O7S2/c1-19(2)17-33(18-37,35-31(39)40)34-9-5-6-22-14-27(23-12-24(41-3)15-25(13-23)42-4)43-28(22)16-29-30(38)36(32(44)45-29)26-11-20-7-8-21(26)10-20/h12-16,18-21,26,34-35H,5-11,17H2,1-4H3,(H,39,40)/b29-16-/t20?,21?,26?,33-/m0/s1. The maximum absolute atomic E-state index is 13.7. The van der Waals surface area contributed by atoms with Crippen molar-refractivity contribution in [1.29, 1.82) is 0 Å². The summed E-state index contributed by atoms with van der Waals surface area (Å²) < 4.78 is 17.9. The molecule has 2 heterocycles. The molecule has 2 saturated carbocycles. The van der Waals surface area contributed by atoms with Crippen LogP contribution in [0.15, 0.2) is 33.6 Å². The zero-order chi connectivity index (χ0) is 32.3. The number of nitrogens with zero attached hydrogens (tertiary/aromatic N) is 1. The number of rotatable bonds is 14. The first-order valence-corrected chi connectivity index (χ1v) is 16.6. The van der Waals surface area contributed by atoms with Gasteiger partial charge in [-0.05, 0) is 86.6 Å². The number of ether oxygens (including phenoxy) is 2. The summed E-state index contributed by atoms with van der Waals surface area (Å²) in [5.74, 6) is 3.57. The monoisotopic (exact) mass is 655 g/mol. The number of hydrogen-bond donors (Lipinski definition) is 3. The lowest BCUT2D eigenvalue weighted by Gasteiger charge is -2.30. The fraction of sp³-hybridized carbons (Fsp3) is 0.515. The maximum Gasteiger partial charge on any atom is 0.406 e. The zero-order valence-electron chi connectivity index (χ0n) is 26.1. The number of aryl methyl sites for hydroxylation is 1. The Balaban J connectivity index is 1.40. The van der Waals surface area contributed by atoms with Crippen LogP contribution in [0.5, 0.6) is 11.5 Å². The van der Waals surface area contributed by atoms with Gasteiger partial charge >= 0.3 is 6.09 Å². The Morgan fingerprint density at radius 1 is 1.20 bits per heavy atom. The van der Waals surface area contributed by atoms with E-state index in [-0.39, 0.29) is 17.9 Å². The Hall–Kier alpha value is -3.35. The lowest BCUT2D eigenvalue weighted by atomic mass is 9.94. The van der Waals surface area contributed by atoms with Crippen molar-refractivity contribution >= 4 is 52.7 Å². The third-order valence-corrected chi connectivity index (χ3v) is 10.3. The fourth-order valence-electron chi connectivity index (χ4n) is 6.98. The Bertz CT molecular complexity index is 1470. The molecule has 1 saturated heterocycles. The van der Waals surface area contributed by atoms with Gasteiger partial charge in [0.05, 0.1) is 19.1 Å². The van der Waals surface area contributed by atoms with Crippen molar-refractivity contribution in [1.82, 2.24) is 15.5 Å². The van der Waals surface area contributed by atoms with Gasteiger partial charge < -0.3 is 19.0 Å². The molecular weight excluding hydrogens is 615 g/mol. The first-order chi connectivity index (χ1) is 21.5. The largest absolute Gasteiger partial charge is 0.497 e. The summed E-state index contributed by atoms with van der Waals surface area (Å²) >= 11 is 7.03. The van der Waals surface area contributed by atoms with Crippen LogP contribution in [0.1, 0.15) is 63.7 Å². The molecule has 12 heteroatoms. The van der Waals surface area contributed by atoms with E-state index < -0.39 is 11.8 Å². The van der Waals surface area contributed by atoms with Gasteiger partial charge in [0.15, 0.2) is 11.9 Å². The molecule has 3 aliphatic rings. The van der Waals surface area contributed by atoms with Gasteiger partial charge in [0.25, 0.3) is 5.91 Å². The van der Waals surface area contributed by atoms with Gasteiger partial charge in [-0.3, -0.25) is 25.1 Å². The Kier molecular flexibility index (Phi) is 10.2. The summed E-state index contributed by atoms with van der Waals surface area (Å²) in [6.45, 7) is 4.22. The zero-order valence-corrected chi connectivity index (χ0v) is 27.7. The molecule has 2 aliphatic carbocycles. The predicted molar refractivity (Wildman–Crippen MR) is 177 cm³/mol. The highest BCUT2D eigenvalue weighted by Gasteiger charge is 2.48. The van der Waals surface area contributed by atoms with Crippen LogP contribution in [0.4, 0.5) is 4.79 Å². The van der Waals surface area contributed by atoms with Crippen LogP contribution in [-0.4, -0.2) is 65.1 Å². The molecule has 3 fully saturated rings. The number of aldehydes is 1. The van der Waals surface area contributed by atoms with E-state index in [1.165, 1.54) is 24.6 Å². The van der Waals surface area contributed by atoms with Crippen LogP contribution in [0, 0.1) is 17.8 Å². The van der Waals surface area contributed by atoms with Crippen molar-refractivity contribution in [3.05, 3.63) is 40.5 Å². The molecule has 1 aliphatic heterocycles. The van der Waals surface area contributed by atoms with E-state index >= 15 is 0 Å². The highest BCUT2D eigenvalue weighted by atomic mass is 32.2. The van der Waals surface area contributed by atoms with E-state index in [1.807, 2.05) is 36.9 Å². The highest BCUT2D eigenvalue weighted by molar-refractivity contribution is 8.26. The van der Waals surface area contributed by atoms with Crippen molar-refractivity contribution in [2.75, 3.05) is 20.8 Å². The normalized spacial score (nSPS) is 23.2. The minimum atomic E-state index is -1.38. The third-order valence-electron chi connectivity index (χ3n) is 8.92. The quantitative estimate of drug-likeness (QED) is 0.0723. The molecule has 3 N–H and O–H groups in total. The molecule has 45 heavy (non-hydrogen) atoms. The minimum Gasteiger partial charge on any atom is -0.497 e. The van der Waals surface area contributed by atoms with Crippen molar-refractivity contribution in [2.45, 2.75) is 70.5 Å². The fourth-order valence-corrected chi connectivity index (χ4v) is 8.32. The summed E-state index contributed by atoms with van der Waals surface area (Å²) in [6, 6.07) is 7.60.